The second-order valence-electron chi connectivity index (χ2n) is 6.72. The van der Waals surface area contributed by atoms with Crippen LogP contribution in [-0.4, -0.2) is 21.9 Å². The molecule has 4 rings (SSSR count). The van der Waals surface area contributed by atoms with Crippen LogP contribution < -0.4 is 0 Å². The Hall–Kier alpha value is -2.95. The zero-order valence-corrected chi connectivity index (χ0v) is 13.9. The van der Waals surface area contributed by atoms with Gasteiger partial charge in [0.25, 0.3) is 0 Å². The van der Waals surface area contributed by atoms with Crippen LogP contribution >= 0.6 is 0 Å². The minimum absolute atomic E-state index is 0.0374. The summed E-state index contributed by atoms with van der Waals surface area (Å²) in [6.45, 7) is 1.77. The maximum atomic E-state index is 13.1. The van der Waals surface area contributed by atoms with Crippen LogP contribution in [0.3, 0.4) is 0 Å². The van der Waals surface area contributed by atoms with Crippen LogP contribution in [0.1, 0.15) is 27.5 Å². The molecule has 2 aromatic carbocycles. The van der Waals surface area contributed by atoms with Crippen molar-refractivity contribution in [3.05, 3.63) is 81.5 Å². The van der Waals surface area contributed by atoms with Crippen molar-refractivity contribution in [1.82, 2.24) is 4.57 Å². The lowest BCUT2D eigenvalue weighted by Crippen LogP contribution is -2.23. The minimum atomic E-state index is -0.395. The lowest BCUT2D eigenvalue weighted by molar-refractivity contribution is -0.484. The number of nitro groups is 1. The predicted octanol–water partition coefficient (Wildman–Crippen LogP) is 3.82. The van der Waals surface area contributed by atoms with Gasteiger partial charge in [0, 0.05) is 16.0 Å². The molecule has 0 saturated heterocycles. The number of benzene rings is 2. The highest BCUT2D eigenvalue weighted by atomic mass is 16.6. The fourth-order valence-corrected chi connectivity index (χ4v) is 3.90. The number of carbonyl (C=O) groups excluding carboxylic acids is 1. The predicted molar refractivity (Wildman–Crippen MR) is 95.5 cm³/mol. The van der Waals surface area contributed by atoms with Gasteiger partial charge in [0.1, 0.15) is 0 Å². The molecular formula is C20H18N2O3. The number of fused-ring (bicyclic) bond motifs is 3. The SMILES string of the molecule is Cc1ccc2c(c1)cc1n2C(=O)[C@H](Cc2ccccc2)[C@H]1C[N+](=O)[O-]. The number of carbonyl (C=O) groups is 1. The molecule has 0 bridgehead atoms. The van der Waals surface area contributed by atoms with Crippen LogP contribution in [-0.2, 0) is 6.42 Å². The highest BCUT2D eigenvalue weighted by molar-refractivity contribution is 5.98. The number of rotatable bonds is 4. The summed E-state index contributed by atoms with van der Waals surface area (Å²) in [4.78, 5) is 24.0. The molecule has 0 unspecified atom stereocenters. The van der Waals surface area contributed by atoms with E-state index in [1.54, 1.807) is 4.57 Å². The standard InChI is InChI=1S/C20H18N2O3/c1-13-7-8-18-15(9-13)11-19-17(12-21(24)25)16(20(23)22(18)19)10-14-5-3-2-4-6-14/h2-9,11,16-17H,10,12H2,1H3/t16-,17-/m1/s1. The Kier molecular flexibility index (Phi) is 3.64. The van der Waals surface area contributed by atoms with Crippen LogP contribution in [0.25, 0.3) is 10.9 Å². The topological polar surface area (TPSA) is 65.1 Å². The normalized spacial score (nSPS) is 19.3. The Bertz CT molecular complexity index is 975. The highest BCUT2D eigenvalue weighted by Gasteiger charge is 2.43. The van der Waals surface area contributed by atoms with Gasteiger partial charge in [-0.05, 0) is 37.1 Å². The van der Waals surface area contributed by atoms with Gasteiger partial charge in [0.2, 0.25) is 12.5 Å². The van der Waals surface area contributed by atoms with E-state index in [1.807, 2.05) is 61.5 Å². The molecule has 0 radical (unpaired) electrons. The second-order valence-corrected chi connectivity index (χ2v) is 6.72. The van der Waals surface area contributed by atoms with Crippen LogP contribution in [0.5, 0.6) is 0 Å². The zero-order valence-electron chi connectivity index (χ0n) is 13.9. The molecule has 0 saturated carbocycles. The van der Waals surface area contributed by atoms with Gasteiger partial charge in [-0.3, -0.25) is 19.5 Å². The Morgan fingerprint density at radius 2 is 1.84 bits per heavy atom. The smallest absolute Gasteiger partial charge is 0.235 e. The van der Waals surface area contributed by atoms with Gasteiger partial charge in [0.15, 0.2) is 0 Å². The molecule has 0 spiro atoms. The van der Waals surface area contributed by atoms with E-state index in [1.165, 1.54) is 0 Å². The molecule has 5 nitrogen and oxygen atoms in total. The number of aryl methyl sites for hydroxylation is 1. The molecule has 3 aromatic rings. The number of aromatic nitrogens is 1. The molecule has 0 N–H and O–H groups in total. The highest BCUT2D eigenvalue weighted by Crippen LogP contribution is 2.40. The fourth-order valence-electron chi connectivity index (χ4n) is 3.90. The van der Waals surface area contributed by atoms with Gasteiger partial charge in [-0.1, -0.05) is 42.0 Å². The average Bonchev–Trinajstić information content (AvgIpc) is 3.06. The third-order valence-corrected chi connectivity index (χ3v) is 5.03. The third kappa shape index (κ3) is 2.61. The van der Waals surface area contributed by atoms with E-state index >= 15 is 0 Å². The zero-order chi connectivity index (χ0) is 17.6. The van der Waals surface area contributed by atoms with Crippen molar-refractivity contribution in [2.24, 2.45) is 5.92 Å². The molecule has 1 aliphatic heterocycles. The van der Waals surface area contributed by atoms with E-state index in [0.717, 1.165) is 27.7 Å². The quantitative estimate of drug-likeness (QED) is 0.538. The third-order valence-electron chi connectivity index (χ3n) is 5.03. The van der Waals surface area contributed by atoms with Crippen molar-refractivity contribution in [3.63, 3.8) is 0 Å². The first-order chi connectivity index (χ1) is 12.0. The van der Waals surface area contributed by atoms with Crippen molar-refractivity contribution < 1.29 is 9.72 Å². The second kappa shape index (κ2) is 5.84. The van der Waals surface area contributed by atoms with E-state index < -0.39 is 11.8 Å². The van der Waals surface area contributed by atoms with Gasteiger partial charge in [-0.15, -0.1) is 0 Å². The lowest BCUT2D eigenvalue weighted by Gasteiger charge is -2.14. The Morgan fingerprint density at radius 1 is 1.08 bits per heavy atom. The monoisotopic (exact) mass is 334 g/mol. The van der Waals surface area contributed by atoms with Crippen molar-refractivity contribution >= 4 is 16.8 Å². The van der Waals surface area contributed by atoms with Gasteiger partial charge in [-0.2, -0.15) is 0 Å². The van der Waals surface area contributed by atoms with E-state index in [4.69, 9.17) is 0 Å². The number of nitrogens with zero attached hydrogens (tertiary/aromatic N) is 2. The van der Waals surface area contributed by atoms with Crippen molar-refractivity contribution in [2.75, 3.05) is 6.54 Å². The molecule has 0 fully saturated rings. The van der Waals surface area contributed by atoms with E-state index in [-0.39, 0.29) is 17.4 Å². The van der Waals surface area contributed by atoms with Gasteiger partial charge in [-0.25, -0.2) is 0 Å². The van der Waals surface area contributed by atoms with E-state index in [9.17, 15) is 14.9 Å². The van der Waals surface area contributed by atoms with Gasteiger partial charge < -0.3 is 0 Å². The summed E-state index contributed by atoms with van der Waals surface area (Å²) in [5.41, 5.74) is 3.74. The first-order valence-electron chi connectivity index (χ1n) is 8.36. The summed E-state index contributed by atoms with van der Waals surface area (Å²) in [5.74, 6) is -0.825. The molecule has 5 heteroatoms. The Balaban J connectivity index is 1.80. The fraction of sp³-hybridized carbons (Fsp3) is 0.250. The molecule has 1 aromatic heterocycles. The van der Waals surface area contributed by atoms with Crippen LogP contribution in [0.4, 0.5) is 0 Å². The summed E-state index contributed by atoms with van der Waals surface area (Å²) in [6, 6.07) is 17.6. The molecule has 126 valence electrons. The number of hydrogen-bond acceptors (Lipinski definition) is 3. The average molecular weight is 334 g/mol. The van der Waals surface area contributed by atoms with Crippen LogP contribution in [0.15, 0.2) is 54.6 Å². The Morgan fingerprint density at radius 3 is 2.56 bits per heavy atom. The molecule has 0 aliphatic carbocycles. The molecule has 25 heavy (non-hydrogen) atoms. The van der Waals surface area contributed by atoms with E-state index in [0.29, 0.717) is 6.42 Å². The lowest BCUT2D eigenvalue weighted by atomic mass is 9.86. The maximum Gasteiger partial charge on any atom is 0.235 e. The number of hydrogen-bond donors (Lipinski definition) is 0. The minimum Gasteiger partial charge on any atom is -0.283 e. The van der Waals surface area contributed by atoms with Gasteiger partial charge >= 0.3 is 0 Å². The van der Waals surface area contributed by atoms with Crippen molar-refractivity contribution in [2.45, 2.75) is 19.3 Å². The van der Waals surface area contributed by atoms with E-state index in [2.05, 4.69) is 0 Å². The van der Waals surface area contributed by atoms with Crippen molar-refractivity contribution in [3.8, 4) is 0 Å². The van der Waals surface area contributed by atoms with Crippen LogP contribution in [0.2, 0.25) is 0 Å². The summed E-state index contributed by atoms with van der Waals surface area (Å²) >= 11 is 0. The molecule has 0 amide bonds. The first kappa shape index (κ1) is 15.6. The molecule has 2 heterocycles. The summed E-state index contributed by atoms with van der Waals surface area (Å²) in [5, 5.41) is 12.2. The van der Waals surface area contributed by atoms with Gasteiger partial charge in [0.05, 0.1) is 17.4 Å². The van der Waals surface area contributed by atoms with Crippen molar-refractivity contribution in [1.29, 1.82) is 0 Å². The maximum absolute atomic E-state index is 13.1. The summed E-state index contributed by atoms with van der Waals surface area (Å²) in [7, 11) is 0. The summed E-state index contributed by atoms with van der Waals surface area (Å²) in [6.07, 6.45) is 0.521. The van der Waals surface area contributed by atoms with Crippen LogP contribution in [0, 0.1) is 23.0 Å². The Labute approximate surface area is 145 Å². The summed E-state index contributed by atoms with van der Waals surface area (Å²) < 4.78 is 1.69. The molecule has 1 aliphatic rings. The molecular weight excluding hydrogens is 316 g/mol. The molecule has 2 atom stereocenters. The first-order valence-corrected chi connectivity index (χ1v) is 8.36. The largest absolute Gasteiger partial charge is 0.283 e.